The lowest BCUT2D eigenvalue weighted by Crippen LogP contribution is -2.08. The van der Waals surface area contributed by atoms with E-state index in [0.717, 1.165) is 17.2 Å². The van der Waals surface area contributed by atoms with Crippen LogP contribution in [0.15, 0.2) is 42.5 Å². The van der Waals surface area contributed by atoms with E-state index in [0.29, 0.717) is 0 Å². The molecule has 0 bridgehead atoms. The summed E-state index contributed by atoms with van der Waals surface area (Å²) in [6.07, 6.45) is 0. The molecule has 0 unspecified atom stereocenters. The van der Waals surface area contributed by atoms with Crippen molar-refractivity contribution in [2.45, 2.75) is 13.5 Å². The summed E-state index contributed by atoms with van der Waals surface area (Å²) < 4.78 is 5.14. The summed E-state index contributed by atoms with van der Waals surface area (Å²) in [5, 5.41) is 11.1. The normalized spacial score (nSPS) is 10.2. The highest BCUT2D eigenvalue weighted by Crippen LogP contribution is 2.24. The molecule has 2 aromatic rings. The molecule has 2 rings (SSSR count). The van der Waals surface area contributed by atoms with Crippen LogP contribution in [0, 0.1) is 17.0 Å². The molecule has 0 amide bonds. The fourth-order valence-electron chi connectivity index (χ4n) is 1.82. The first-order valence-electron chi connectivity index (χ1n) is 6.14. The lowest BCUT2D eigenvalue weighted by Gasteiger charge is -2.07. The fourth-order valence-corrected chi connectivity index (χ4v) is 1.99. The summed E-state index contributed by atoms with van der Waals surface area (Å²) in [4.78, 5) is 22.3. The van der Waals surface area contributed by atoms with Crippen LogP contribution < -0.4 is 0 Å². The molecule has 6 heteroatoms. The second-order valence-corrected chi connectivity index (χ2v) is 4.86. The Kier molecular flexibility index (Phi) is 4.55. The zero-order valence-corrected chi connectivity index (χ0v) is 12.0. The first-order chi connectivity index (χ1) is 9.99. The third kappa shape index (κ3) is 3.58. The monoisotopic (exact) mass is 305 g/mol. The minimum Gasteiger partial charge on any atom is -0.457 e. The minimum atomic E-state index is -0.749. The first kappa shape index (κ1) is 15.0. The van der Waals surface area contributed by atoms with Crippen molar-refractivity contribution in [2.24, 2.45) is 0 Å². The van der Waals surface area contributed by atoms with Crippen molar-refractivity contribution in [3.63, 3.8) is 0 Å². The van der Waals surface area contributed by atoms with Crippen LogP contribution in [0.5, 0.6) is 0 Å². The average Bonchev–Trinajstić information content (AvgIpc) is 2.46. The lowest BCUT2D eigenvalue weighted by molar-refractivity contribution is -0.385. The quantitative estimate of drug-likeness (QED) is 0.488. The highest BCUT2D eigenvalue weighted by Gasteiger charge is 2.21. The molecule has 0 heterocycles. The summed E-state index contributed by atoms with van der Waals surface area (Å²) in [5.41, 5.74) is 1.36. The van der Waals surface area contributed by atoms with Crippen LogP contribution in [0.4, 0.5) is 5.69 Å². The van der Waals surface area contributed by atoms with Crippen LogP contribution in [0.1, 0.15) is 21.5 Å². The number of rotatable bonds is 4. The van der Waals surface area contributed by atoms with Crippen molar-refractivity contribution in [2.75, 3.05) is 0 Å². The number of hydrogen-bond acceptors (Lipinski definition) is 4. The van der Waals surface area contributed by atoms with Gasteiger partial charge in [-0.05, 0) is 30.2 Å². The molecule has 21 heavy (non-hydrogen) atoms. The molecule has 0 saturated carbocycles. The highest BCUT2D eigenvalue weighted by atomic mass is 35.5. The van der Waals surface area contributed by atoms with Crippen molar-refractivity contribution in [1.82, 2.24) is 0 Å². The van der Waals surface area contributed by atoms with Gasteiger partial charge in [-0.1, -0.05) is 35.9 Å². The minimum absolute atomic E-state index is 0.0608. The molecule has 0 aliphatic carbocycles. The molecule has 0 N–H and O–H groups in total. The molecular weight excluding hydrogens is 294 g/mol. The van der Waals surface area contributed by atoms with Crippen LogP contribution in [0.3, 0.4) is 0 Å². The van der Waals surface area contributed by atoms with E-state index in [1.165, 1.54) is 12.1 Å². The molecule has 0 atom stereocenters. The van der Waals surface area contributed by atoms with Gasteiger partial charge >= 0.3 is 5.97 Å². The summed E-state index contributed by atoms with van der Waals surface area (Å²) in [6, 6.07) is 11.3. The number of nitro benzene ring substituents is 1. The number of carbonyl (C=O) groups excluding carboxylic acids is 1. The van der Waals surface area contributed by atoms with E-state index in [1.807, 2.05) is 31.2 Å². The molecule has 0 aliphatic heterocycles. The second-order valence-electron chi connectivity index (χ2n) is 4.42. The van der Waals surface area contributed by atoms with Gasteiger partial charge in [0.2, 0.25) is 0 Å². The number of esters is 1. The molecule has 108 valence electrons. The number of aryl methyl sites for hydroxylation is 1. The maximum absolute atomic E-state index is 12.0. The standard InChI is InChI=1S/C15H12ClNO4/c1-10-4-2-3-5-11(10)9-21-15(18)13-7-6-12(16)8-14(13)17(19)20/h2-8H,9H2,1H3. The van der Waals surface area contributed by atoms with E-state index in [2.05, 4.69) is 0 Å². The topological polar surface area (TPSA) is 69.4 Å². The zero-order valence-electron chi connectivity index (χ0n) is 11.2. The summed E-state index contributed by atoms with van der Waals surface area (Å²) in [5.74, 6) is -0.749. The van der Waals surface area contributed by atoms with Crippen molar-refractivity contribution >= 4 is 23.3 Å². The van der Waals surface area contributed by atoms with Gasteiger partial charge in [0.1, 0.15) is 12.2 Å². The Balaban J connectivity index is 2.18. The SMILES string of the molecule is Cc1ccccc1COC(=O)c1ccc(Cl)cc1[N+](=O)[O-]. The fraction of sp³-hybridized carbons (Fsp3) is 0.133. The van der Waals surface area contributed by atoms with Gasteiger partial charge in [-0.25, -0.2) is 4.79 Å². The van der Waals surface area contributed by atoms with Gasteiger partial charge in [-0.3, -0.25) is 10.1 Å². The van der Waals surface area contributed by atoms with Gasteiger partial charge in [0, 0.05) is 11.1 Å². The molecule has 0 radical (unpaired) electrons. The number of nitrogens with zero attached hydrogens (tertiary/aromatic N) is 1. The van der Waals surface area contributed by atoms with E-state index in [9.17, 15) is 14.9 Å². The molecule has 0 spiro atoms. The third-order valence-electron chi connectivity index (χ3n) is 3.00. The van der Waals surface area contributed by atoms with Crippen molar-refractivity contribution < 1.29 is 14.5 Å². The Morgan fingerprint density at radius 1 is 1.29 bits per heavy atom. The van der Waals surface area contributed by atoms with Crippen LogP contribution in [-0.4, -0.2) is 10.9 Å². The van der Waals surface area contributed by atoms with Gasteiger partial charge < -0.3 is 4.74 Å². The van der Waals surface area contributed by atoms with Crippen LogP contribution in [0.2, 0.25) is 5.02 Å². The molecule has 0 aliphatic rings. The van der Waals surface area contributed by atoms with Crippen LogP contribution in [-0.2, 0) is 11.3 Å². The zero-order chi connectivity index (χ0) is 15.4. The molecule has 0 aromatic heterocycles. The predicted molar refractivity (Wildman–Crippen MR) is 78.4 cm³/mol. The number of hydrogen-bond donors (Lipinski definition) is 0. The van der Waals surface area contributed by atoms with E-state index in [-0.39, 0.29) is 22.9 Å². The third-order valence-corrected chi connectivity index (χ3v) is 3.23. The number of ether oxygens (including phenoxy) is 1. The van der Waals surface area contributed by atoms with Crippen molar-refractivity contribution in [3.05, 3.63) is 74.3 Å². The maximum atomic E-state index is 12.0. The Morgan fingerprint density at radius 3 is 2.67 bits per heavy atom. The number of benzene rings is 2. The Morgan fingerprint density at radius 2 is 2.00 bits per heavy atom. The Hall–Kier alpha value is -2.40. The van der Waals surface area contributed by atoms with Gasteiger partial charge in [-0.15, -0.1) is 0 Å². The average molecular weight is 306 g/mol. The Bertz CT molecular complexity index is 700. The largest absolute Gasteiger partial charge is 0.457 e. The lowest BCUT2D eigenvalue weighted by atomic mass is 10.1. The second kappa shape index (κ2) is 6.37. The van der Waals surface area contributed by atoms with Gasteiger partial charge in [0.15, 0.2) is 0 Å². The van der Waals surface area contributed by atoms with E-state index < -0.39 is 10.9 Å². The number of halogens is 1. The summed E-state index contributed by atoms with van der Waals surface area (Å²) >= 11 is 5.70. The molecule has 5 nitrogen and oxygen atoms in total. The number of nitro groups is 1. The van der Waals surface area contributed by atoms with E-state index in [1.54, 1.807) is 0 Å². The maximum Gasteiger partial charge on any atom is 0.345 e. The van der Waals surface area contributed by atoms with Gasteiger partial charge in [0.05, 0.1) is 4.92 Å². The van der Waals surface area contributed by atoms with Crippen LogP contribution >= 0.6 is 11.6 Å². The van der Waals surface area contributed by atoms with E-state index >= 15 is 0 Å². The van der Waals surface area contributed by atoms with E-state index in [4.69, 9.17) is 16.3 Å². The molecule has 0 saturated heterocycles. The highest BCUT2D eigenvalue weighted by molar-refractivity contribution is 6.31. The molecule has 0 fully saturated rings. The molecular formula is C15H12ClNO4. The Labute approximate surface area is 126 Å². The smallest absolute Gasteiger partial charge is 0.345 e. The van der Waals surface area contributed by atoms with Crippen molar-refractivity contribution in [1.29, 1.82) is 0 Å². The van der Waals surface area contributed by atoms with Gasteiger partial charge in [0.25, 0.3) is 5.69 Å². The van der Waals surface area contributed by atoms with Gasteiger partial charge in [-0.2, -0.15) is 0 Å². The van der Waals surface area contributed by atoms with Crippen LogP contribution in [0.25, 0.3) is 0 Å². The number of carbonyl (C=O) groups is 1. The predicted octanol–water partition coefficient (Wildman–Crippen LogP) is 3.91. The van der Waals surface area contributed by atoms with Crippen molar-refractivity contribution in [3.8, 4) is 0 Å². The molecule has 2 aromatic carbocycles. The first-order valence-corrected chi connectivity index (χ1v) is 6.52. The summed E-state index contributed by atoms with van der Waals surface area (Å²) in [7, 11) is 0. The summed E-state index contributed by atoms with van der Waals surface area (Å²) in [6.45, 7) is 1.96.